The Morgan fingerprint density at radius 3 is 2.86 bits per heavy atom. The molecule has 1 aliphatic heterocycles. The van der Waals surface area contributed by atoms with Gasteiger partial charge in [-0.1, -0.05) is 18.2 Å². The molecule has 1 unspecified atom stereocenters. The van der Waals surface area contributed by atoms with Gasteiger partial charge in [0.25, 0.3) is 0 Å². The zero-order chi connectivity index (χ0) is 10.6. The highest BCUT2D eigenvalue weighted by molar-refractivity contribution is 7.90. The monoisotopic (exact) mass is 238 g/mol. The number of hydrogen-bond donors (Lipinski definition) is 2. The van der Waals surface area contributed by atoms with Gasteiger partial charge in [0.15, 0.2) is 0 Å². The second kappa shape index (κ2) is 5.11. The summed E-state index contributed by atoms with van der Waals surface area (Å²) in [5.74, 6) is 0. The summed E-state index contributed by atoms with van der Waals surface area (Å²) in [7, 11) is -3.24. The van der Waals surface area contributed by atoms with Crippen LogP contribution < -0.4 is 10.0 Å². The average Bonchev–Trinajstić information content (AvgIpc) is 2.16. The first-order valence-electron chi connectivity index (χ1n) is 4.55. The maximum absolute atomic E-state index is 11.6. The van der Waals surface area contributed by atoms with Crippen molar-refractivity contribution in [1.29, 1.82) is 0 Å². The van der Waals surface area contributed by atoms with Crippen LogP contribution in [0.15, 0.2) is 11.6 Å². The van der Waals surface area contributed by atoms with Crippen molar-refractivity contribution in [3.63, 3.8) is 0 Å². The fourth-order valence-corrected chi connectivity index (χ4v) is 2.95. The Hall–Kier alpha value is -0.100. The van der Waals surface area contributed by atoms with Crippen molar-refractivity contribution in [3.8, 4) is 0 Å². The Morgan fingerprint density at radius 1 is 1.64 bits per heavy atom. The van der Waals surface area contributed by atoms with Crippen molar-refractivity contribution >= 4 is 21.6 Å². The second-order valence-electron chi connectivity index (χ2n) is 3.35. The summed E-state index contributed by atoms with van der Waals surface area (Å²) < 4.78 is 25.7. The zero-order valence-corrected chi connectivity index (χ0v) is 9.50. The molecule has 0 radical (unpaired) electrons. The van der Waals surface area contributed by atoms with Gasteiger partial charge in [0.05, 0.1) is 5.25 Å². The van der Waals surface area contributed by atoms with E-state index >= 15 is 0 Å². The van der Waals surface area contributed by atoms with Crippen LogP contribution >= 0.6 is 11.6 Å². The van der Waals surface area contributed by atoms with E-state index in [4.69, 9.17) is 11.6 Å². The molecule has 0 saturated carbocycles. The minimum absolute atomic E-state index is 0.111. The van der Waals surface area contributed by atoms with Crippen molar-refractivity contribution in [2.24, 2.45) is 0 Å². The van der Waals surface area contributed by atoms with E-state index in [1.165, 1.54) is 0 Å². The van der Waals surface area contributed by atoms with E-state index in [9.17, 15) is 8.42 Å². The van der Waals surface area contributed by atoms with Gasteiger partial charge in [-0.3, -0.25) is 0 Å². The fourth-order valence-electron chi connectivity index (χ4n) is 1.38. The van der Waals surface area contributed by atoms with Crippen molar-refractivity contribution in [2.75, 3.05) is 19.6 Å². The number of nitrogens with one attached hydrogen (secondary N) is 2. The Labute approximate surface area is 89.8 Å². The lowest BCUT2D eigenvalue weighted by molar-refractivity contribution is 0.491. The molecule has 1 fully saturated rings. The number of piperidine rings is 1. The minimum Gasteiger partial charge on any atom is -0.315 e. The van der Waals surface area contributed by atoms with E-state index < -0.39 is 10.0 Å². The fraction of sp³-hybridized carbons (Fsp3) is 0.750. The van der Waals surface area contributed by atoms with Gasteiger partial charge in [0.2, 0.25) is 10.0 Å². The first kappa shape index (κ1) is 12.0. The Morgan fingerprint density at radius 2 is 2.36 bits per heavy atom. The lowest BCUT2D eigenvalue weighted by Gasteiger charge is -2.22. The predicted octanol–water partition coefficient (Wildman–Crippen LogP) is 0.410. The third-order valence-corrected chi connectivity index (χ3v) is 4.12. The Balaban J connectivity index is 2.50. The molecule has 0 amide bonds. The van der Waals surface area contributed by atoms with Gasteiger partial charge in [-0.2, -0.15) is 0 Å². The van der Waals surface area contributed by atoms with Gasteiger partial charge in [-0.05, 0) is 19.4 Å². The van der Waals surface area contributed by atoms with Crippen LogP contribution in [0.4, 0.5) is 0 Å². The maximum atomic E-state index is 11.6. The van der Waals surface area contributed by atoms with Gasteiger partial charge < -0.3 is 5.32 Å². The quantitative estimate of drug-likeness (QED) is 0.746. The summed E-state index contributed by atoms with van der Waals surface area (Å²) in [6.07, 6.45) is 1.60. The summed E-state index contributed by atoms with van der Waals surface area (Å²) in [4.78, 5) is 0. The lowest BCUT2D eigenvalue weighted by Crippen LogP contribution is -2.44. The van der Waals surface area contributed by atoms with Gasteiger partial charge in [0.1, 0.15) is 0 Å². The largest absolute Gasteiger partial charge is 0.315 e. The van der Waals surface area contributed by atoms with Crippen molar-refractivity contribution in [2.45, 2.75) is 18.1 Å². The first-order chi connectivity index (χ1) is 6.52. The highest BCUT2D eigenvalue weighted by atomic mass is 35.5. The molecule has 82 valence electrons. The average molecular weight is 239 g/mol. The summed E-state index contributed by atoms with van der Waals surface area (Å²) in [5.41, 5.74) is 0. The standard InChI is InChI=1S/C8H15ClN2O2S/c1-7(9)5-11-14(12,13)8-3-2-4-10-6-8/h8,10-11H,1-6H2. The third kappa shape index (κ3) is 3.57. The molecule has 2 N–H and O–H groups in total. The molecule has 1 saturated heterocycles. The molecule has 1 heterocycles. The molecule has 1 aliphatic rings. The molecule has 0 spiro atoms. The van der Waals surface area contributed by atoms with E-state index in [0.717, 1.165) is 13.0 Å². The Bertz CT molecular complexity index is 296. The van der Waals surface area contributed by atoms with Gasteiger partial charge in [0, 0.05) is 18.1 Å². The predicted molar refractivity (Wildman–Crippen MR) is 57.8 cm³/mol. The summed E-state index contributed by atoms with van der Waals surface area (Å²) in [6.45, 7) is 4.95. The zero-order valence-electron chi connectivity index (χ0n) is 7.92. The van der Waals surface area contributed by atoms with Gasteiger partial charge in [-0.25, -0.2) is 13.1 Å². The van der Waals surface area contributed by atoms with Crippen LogP contribution in [0.1, 0.15) is 12.8 Å². The second-order valence-corrected chi connectivity index (χ2v) is 5.93. The molecule has 0 aromatic heterocycles. The summed E-state index contributed by atoms with van der Waals surface area (Å²) in [5, 5.41) is 3.02. The number of halogens is 1. The number of rotatable bonds is 4. The van der Waals surface area contributed by atoms with Crippen molar-refractivity contribution in [3.05, 3.63) is 11.6 Å². The van der Waals surface area contributed by atoms with Crippen molar-refractivity contribution in [1.82, 2.24) is 10.0 Å². The molecule has 4 nitrogen and oxygen atoms in total. The molecule has 0 aromatic rings. The Kier molecular flexibility index (Phi) is 4.37. The highest BCUT2D eigenvalue weighted by Gasteiger charge is 2.26. The van der Waals surface area contributed by atoms with Crippen LogP contribution in [0.25, 0.3) is 0 Å². The minimum atomic E-state index is -3.24. The maximum Gasteiger partial charge on any atom is 0.216 e. The molecule has 0 aromatic carbocycles. The highest BCUT2D eigenvalue weighted by Crippen LogP contribution is 2.10. The molecule has 0 aliphatic carbocycles. The topological polar surface area (TPSA) is 58.2 Å². The van der Waals surface area contributed by atoms with Gasteiger partial charge >= 0.3 is 0 Å². The van der Waals surface area contributed by atoms with E-state index in [1.54, 1.807) is 0 Å². The molecule has 14 heavy (non-hydrogen) atoms. The van der Waals surface area contributed by atoms with Crippen LogP contribution in [0, 0.1) is 0 Å². The van der Waals surface area contributed by atoms with E-state index in [-0.39, 0.29) is 11.8 Å². The molecular formula is C8H15ClN2O2S. The molecular weight excluding hydrogens is 224 g/mol. The van der Waals surface area contributed by atoms with Gasteiger partial charge in [-0.15, -0.1) is 0 Å². The van der Waals surface area contributed by atoms with Crippen LogP contribution in [0.2, 0.25) is 0 Å². The lowest BCUT2D eigenvalue weighted by atomic mass is 10.2. The van der Waals surface area contributed by atoms with E-state index in [1.807, 2.05) is 0 Å². The van der Waals surface area contributed by atoms with Crippen LogP contribution in [-0.4, -0.2) is 33.3 Å². The van der Waals surface area contributed by atoms with E-state index in [2.05, 4.69) is 16.6 Å². The normalized spacial score (nSPS) is 23.4. The van der Waals surface area contributed by atoms with E-state index in [0.29, 0.717) is 18.0 Å². The first-order valence-corrected chi connectivity index (χ1v) is 6.47. The number of sulfonamides is 1. The third-order valence-electron chi connectivity index (χ3n) is 2.16. The molecule has 1 atom stereocenters. The molecule has 6 heteroatoms. The molecule has 1 rings (SSSR count). The van der Waals surface area contributed by atoms with Crippen LogP contribution in [0.3, 0.4) is 0 Å². The SMILES string of the molecule is C=C(Cl)CNS(=O)(=O)C1CCCNC1. The molecule has 0 bridgehead atoms. The van der Waals surface area contributed by atoms with Crippen LogP contribution in [0.5, 0.6) is 0 Å². The van der Waals surface area contributed by atoms with Crippen molar-refractivity contribution < 1.29 is 8.42 Å². The smallest absolute Gasteiger partial charge is 0.216 e. The summed E-state index contributed by atoms with van der Waals surface area (Å²) >= 11 is 5.49. The number of hydrogen-bond acceptors (Lipinski definition) is 3. The summed E-state index contributed by atoms with van der Waals surface area (Å²) in [6, 6.07) is 0. The van der Waals surface area contributed by atoms with Crippen LogP contribution in [-0.2, 0) is 10.0 Å².